The highest BCUT2D eigenvalue weighted by Gasteiger charge is 2.35. The van der Waals surface area contributed by atoms with Gasteiger partial charge in [-0.2, -0.15) is 13.2 Å². The summed E-state index contributed by atoms with van der Waals surface area (Å²) in [5.41, 5.74) is 3.07. The Morgan fingerprint density at radius 1 is 1.02 bits per heavy atom. The summed E-state index contributed by atoms with van der Waals surface area (Å²) in [6, 6.07) is 13.3. The summed E-state index contributed by atoms with van der Waals surface area (Å²) in [6.07, 6.45) is -2.42. The molecule has 0 aliphatic carbocycles. The van der Waals surface area contributed by atoms with E-state index >= 15 is 0 Å². The number of hydrogen-bond acceptors (Lipinski definition) is 7. The number of aliphatic hydroxyl groups is 2. The Hall–Kier alpha value is -3.97. The lowest BCUT2D eigenvalue weighted by atomic mass is 9.92. The fourth-order valence-electron chi connectivity index (χ4n) is 6.52. The van der Waals surface area contributed by atoms with Crippen LogP contribution in [-0.2, 0) is 37.0 Å². The second-order valence-electron chi connectivity index (χ2n) is 12.0. The number of ether oxygens (including phenoxy) is 1. The van der Waals surface area contributed by atoms with E-state index < -0.39 is 11.7 Å². The fraction of sp³-hybridized carbons (Fsp3) is 0.412. The second kappa shape index (κ2) is 13.4. The number of carbonyl (C=O) groups excluding carboxylic acids is 1. The highest BCUT2D eigenvalue weighted by molar-refractivity contribution is 5.83. The molecule has 2 aliphatic rings. The van der Waals surface area contributed by atoms with E-state index in [0.29, 0.717) is 74.1 Å². The van der Waals surface area contributed by atoms with E-state index in [2.05, 4.69) is 14.9 Å². The minimum absolute atomic E-state index is 0.0634. The van der Waals surface area contributed by atoms with Crippen molar-refractivity contribution in [1.29, 1.82) is 0 Å². The predicted molar refractivity (Wildman–Crippen MR) is 166 cm³/mol. The maximum atomic E-state index is 14.2. The molecular formula is C34H38F3N5O4. The quantitative estimate of drug-likeness (QED) is 0.245. The van der Waals surface area contributed by atoms with Crippen LogP contribution in [0.3, 0.4) is 0 Å². The molecule has 1 atom stereocenters. The SMILES string of the molecule is C[C@H]1c2cc(Oc3ccnc4[nH]c(CO)cc34)ccc2CCN1C(=O)Cc1ccc(CN2CCN(CCO)CC2)c(C(F)(F)F)c1. The second-order valence-corrected chi connectivity index (χ2v) is 12.0. The van der Waals surface area contributed by atoms with Crippen molar-refractivity contribution in [2.45, 2.75) is 45.1 Å². The number of hydrogen-bond donors (Lipinski definition) is 3. The van der Waals surface area contributed by atoms with E-state index in [1.807, 2.05) is 30.0 Å². The van der Waals surface area contributed by atoms with Crippen LogP contribution in [0.2, 0.25) is 0 Å². The van der Waals surface area contributed by atoms with Crippen molar-refractivity contribution >= 4 is 16.9 Å². The lowest BCUT2D eigenvalue weighted by Gasteiger charge is -2.36. The number of β-amino-alcohol motifs (C(OH)–C–C–N with tert-alkyl or cyclic N) is 1. The molecule has 0 saturated carbocycles. The molecule has 0 radical (unpaired) electrons. The third-order valence-corrected chi connectivity index (χ3v) is 9.03. The van der Waals surface area contributed by atoms with Crippen molar-refractivity contribution in [1.82, 2.24) is 24.7 Å². The Morgan fingerprint density at radius 3 is 2.54 bits per heavy atom. The van der Waals surface area contributed by atoms with Crippen molar-refractivity contribution in [2.24, 2.45) is 0 Å². The summed E-state index contributed by atoms with van der Waals surface area (Å²) in [6.45, 7) is 5.71. The van der Waals surface area contributed by atoms with Crippen LogP contribution in [0.4, 0.5) is 13.2 Å². The third-order valence-electron chi connectivity index (χ3n) is 9.03. The molecule has 1 amide bonds. The van der Waals surface area contributed by atoms with Crippen molar-refractivity contribution in [3.63, 3.8) is 0 Å². The zero-order valence-corrected chi connectivity index (χ0v) is 25.7. The van der Waals surface area contributed by atoms with Crippen LogP contribution in [0.15, 0.2) is 54.7 Å². The molecular weight excluding hydrogens is 599 g/mol. The van der Waals surface area contributed by atoms with Gasteiger partial charge in [0, 0.05) is 57.7 Å². The molecule has 4 aromatic rings. The largest absolute Gasteiger partial charge is 0.457 e. The summed E-state index contributed by atoms with van der Waals surface area (Å²) < 4.78 is 48.8. The van der Waals surface area contributed by atoms with Gasteiger partial charge >= 0.3 is 6.18 Å². The van der Waals surface area contributed by atoms with Gasteiger partial charge in [-0.1, -0.05) is 18.2 Å². The molecule has 244 valence electrons. The van der Waals surface area contributed by atoms with E-state index in [-0.39, 0.29) is 43.7 Å². The smallest absolute Gasteiger partial charge is 0.416 e. The van der Waals surface area contributed by atoms with Crippen LogP contribution < -0.4 is 4.74 Å². The molecule has 9 nitrogen and oxygen atoms in total. The van der Waals surface area contributed by atoms with E-state index in [1.165, 1.54) is 6.07 Å². The van der Waals surface area contributed by atoms with Crippen LogP contribution >= 0.6 is 0 Å². The van der Waals surface area contributed by atoms with Crippen molar-refractivity contribution in [2.75, 3.05) is 45.9 Å². The van der Waals surface area contributed by atoms with Gasteiger partial charge in [0.15, 0.2) is 0 Å². The van der Waals surface area contributed by atoms with Crippen LogP contribution in [0.25, 0.3) is 11.0 Å². The average molecular weight is 638 g/mol. The molecule has 1 fully saturated rings. The molecule has 6 rings (SSSR count). The number of aromatic amines is 1. The van der Waals surface area contributed by atoms with Crippen molar-refractivity contribution in [3.05, 3.63) is 88.2 Å². The Balaban J connectivity index is 1.15. The van der Waals surface area contributed by atoms with Crippen molar-refractivity contribution in [3.8, 4) is 11.5 Å². The van der Waals surface area contributed by atoms with E-state index in [1.54, 1.807) is 29.3 Å². The maximum Gasteiger partial charge on any atom is 0.416 e. The fourth-order valence-corrected chi connectivity index (χ4v) is 6.52. The third kappa shape index (κ3) is 6.90. The van der Waals surface area contributed by atoms with Crippen molar-refractivity contribution < 1.29 is 32.9 Å². The number of alkyl halides is 3. The van der Waals surface area contributed by atoms with Gasteiger partial charge in [-0.3, -0.25) is 14.6 Å². The standard InChI is InChI=1S/C34H38F3N5O4/c1-22-28-19-27(46-31-6-8-38-33-29(31)18-26(21-44)39-33)5-4-24(28)7-9-42(22)32(45)17-23-2-3-25(30(16-23)34(35,36)37)20-41-12-10-40(11-13-41)14-15-43/h2-6,8,16,18-19,22,43-44H,7,9-15,17,20-21H2,1H3,(H,38,39)/t22-/m0/s1. The summed E-state index contributed by atoms with van der Waals surface area (Å²) in [5, 5.41) is 19.4. The summed E-state index contributed by atoms with van der Waals surface area (Å²) in [7, 11) is 0. The molecule has 2 aromatic carbocycles. The first kappa shape index (κ1) is 32.0. The van der Waals surface area contributed by atoms with Gasteiger partial charge in [-0.25, -0.2) is 4.98 Å². The highest BCUT2D eigenvalue weighted by Crippen LogP contribution is 2.37. The number of H-pyrrole nitrogens is 1. The van der Waals surface area contributed by atoms with Gasteiger partial charge in [0.05, 0.1) is 36.6 Å². The van der Waals surface area contributed by atoms with E-state index in [0.717, 1.165) is 22.6 Å². The van der Waals surface area contributed by atoms with E-state index in [4.69, 9.17) is 9.84 Å². The zero-order chi connectivity index (χ0) is 32.4. The number of aliphatic hydroxyl groups excluding tert-OH is 2. The summed E-state index contributed by atoms with van der Waals surface area (Å²) >= 11 is 0. The number of rotatable bonds is 9. The number of nitrogens with zero attached hydrogens (tertiary/aromatic N) is 4. The number of halogens is 3. The number of piperazine rings is 1. The van der Waals surface area contributed by atoms with Crippen LogP contribution in [0.5, 0.6) is 11.5 Å². The highest BCUT2D eigenvalue weighted by atomic mass is 19.4. The molecule has 46 heavy (non-hydrogen) atoms. The molecule has 3 N–H and O–H groups in total. The number of amides is 1. The number of pyridine rings is 1. The number of fused-ring (bicyclic) bond motifs is 2. The minimum Gasteiger partial charge on any atom is -0.457 e. The lowest BCUT2D eigenvalue weighted by Crippen LogP contribution is -2.46. The molecule has 0 unspecified atom stereocenters. The van der Waals surface area contributed by atoms with Gasteiger partial charge in [0.25, 0.3) is 0 Å². The first-order valence-corrected chi connectivity index (χ1v) is 15.5. The molecule has 2 aliphatic heterocycles. The first-order chi connectivity index (χ1) is 22.1. The first-order valence-electron chi connectivity index (χ1n) is 15.5. The predicted octanol–water partition coefficient (Wildman–Crippen LogP) is 4.66. The van der Waals surface area contributed by atoms with Gasteiger partial charge in [-0.15, -0.1) is 0 Å². The Bertz CT molecular complexity index is 1700. The Labute approximate surface area is 265 Å². The van der Waals surface area contributed by atoms with Gasteiger partial charge in [0.2, 0.25) is 5.91 Å². The van der Waals surface area contributed by atoms with Gasteiger partial charge in [-0.05, 0) is 65.9 Å². The van der Waals surface area contributed by atoms with Crippen LogP contribution in [0.1, 0.15) is 46.5 Å². The number of aromatic nitrogens is 2. The number of carbonyl (C=O) groups is 1. The van der Waals surface area contributed by atoms with Crippen LogP contribution in [0, 0.1) is 0 Å². The van der Waals surface area contributed by atoms with E-state index in [9.17, 15) is 23.1 Å². The van der Waals surface area contributed by atoms with Gasteiger partial charge in [0.1, 0.15) is 17.1 Å². The average Bonchev–Trinajstić information content (AvgIpc) is 3.47. The molecule has 2 aromatic heterocycles. The summed E-state index contributed by atoms with van der Waals surface area (Å²) in [4.78, 5) is 26.7. The number of benzene rings is 2. The molecule has 0 bridgehead atoms. The topological polar surface area (TPSA) is 105 Å². The maximum absolute atomic E-state index is 14.2. The Kier molecular flexibility index (Phi) is 9.32. The number of nitrogens with one attached hydrogen (secondary N) is 1. The molecule has 12 heteroatoms. The molecule has 4 heterocycles. The minimum atomic E-state index is -4.54. The van der Waals surface area contributed by atoms with Gasteiger partial charge < -0.3 is 24.8 Å². The Morgan fingerprint density at radius 2 is 1.80 bits per heavy atom. The monoisotopic (exact) mass is 637 g/mol. The zero-order valence-electron chi connectivity index (χ0n) is 25.7. The molecule has 1 saturated heterocycles. The van der Waals surface area contributed by atoms with Crippen LogP contribution in [-0.4, -0.2) is 86.7 Å². The summed E-state index contributed by atoms with van der Waals surface area (Å²) in [5.74, 6) is 0.926. The lowest BCUT2D eigenvalue weighted by molar-refractivity contribution is -0.139. The molecule has 0 spiro atoms. The normalized spacial score (nSPS) is 17.8.